The highest BCUT2D eigenvalue weighted by Crippen LogP contribution is 2.53. The first-order valence-electron chi connectivity index (χ1n) is 20.9. The normalized spacial score (nSPS) is 12.2. The van der Waals surface area contributed by atoms with Crippen LogP contribution >= 0.6 is 0 Å². The minimum atomic E-state index is 1.05. The first-order chi connectivity index (χ1) is 30.3. The van der Waals surface area contributed by atoms with Crippen LogP contribution in [-0.2, 0) is 0 Å². The van der Waals surface area contributed by atoms with Crippen molar-refractivity contribution in [3.63, 3.8) is 0 Å². The summed E-state index contributed by atoms with van der Waals surface area (Å²) in [5.74, 6) is 0. The predicted molar refractivity (Wildman–Crippen MR) is 255 cm³/mol. The summed E-state index contributed by atoms with van der Waals surface area (Å²) in [6.07, 6.45) is 3.77. The molecular formula is C57H36N4. The molecule has 12 aromatic rings. The number of nitrogens with zero attached hydrogens (tertiary/aromatic N) is 4. The Labute approximate surface area is 352 Å². The fourth-order valence-corrected chi connectivity index (χ4v) is 10.0. The van der Waals surface area contributed by atoms with Crippen molar-refractivity contribution in [1.82, 2.24) is 14.1 Å². The average Bonchev–Trinajstić information content (AvgIpc) is 3.83. The third kappa shape index (κ3) is 5.09. The lowest BCUT2D eigenvalue weighted by atomic mass is 9.89. The maximum absolute atomic E-state index is 4.45. The molecule has 0 fully saturated rings. The first kappa shape index (κ1) is 33.7. The SMILES string of the molecule is c1ccc(-c2ccc3c(c2)c2cc4c(cc2n3-c2ccccc2)N(c2cccc(-c3ccc5c(c3)c3ccccc3n5-c3cccnc3)c2)c2cccc3cccc-4c23)cc1. The maximum Gasteiger partial charge on any atom is 0.0645 e. The topological polar surface area (TPSA) is 26.0 Å². The van der Waals surface area contributed by atoms with E-state index in [0.717, 1.165) is 33.8 Å². The van der Waals surface area contributed by atoms with Gasteiger partial charge in [-0.3, -0.25) is 4.98 Å². The zero-order valence-electron chi connectivity index (χ0n) is 33.1. The lowest BCUT2D eigenvalue weighted by molar-refractivity contribution is 1.14. The van der Waals surface area contributed by atoms with Crippen molar-refractivity contribution in [1.29, 1.82) is 0 Å². The van der Waals surface area contributed by atoms with Gasteiger partial charge in [-0.15, -0.1) is 0 Å². The van der Waals surface area contributed by atoms with Crippen molar-refractivity contribution in [3.8, 4) is 44.8 Å². The van der Waals surface area contributed by atoms with E-state index in [0.29, 0.717) is 0 Å². The highest BCUT2D eigenvalue weighted by molar-refractivity contribution is 6.19. The molecule has 0 bridgehead atoms. The van der Waals surface area contributed by atoms with E-state index < -0.39 is 0 Å². The van der Waals surface area contributed by atoms with Crippen LogP contribution < -0.4 is 4.90 Å². The summed E-state index contributed by atoms with van der Waals surface area (Å²) in [6, 6.07) is 75.5. The van der Waals surface area contributed by atoms with Crippen LogP contribution in [0.3, 0.4) is 0 Å². The number of hydrogen-bond donors (Lipinski definition) is 0. The van der Waals surface area contributed by atoms with Crippen molar-refractivity contribution in [2.24, 2.45) is 0 Å². The molecule has 1 aliphatic heterocycles. The molecule has 4 nitrogen and oxygen atoms in total. The molecule has 3 aromatic heterocycles. The summed E-state index contributed by atoms with van der Waals surface area (Å²) >= 11 is 0. The zero-order valence-corrected chi connectivity index (χ0v) is 33.1. The van der Waals surface area contributed by atoms with Crippen LogP contribution in [0.2, 0.25) is 0 Å². The van der Waals surface area contributed by atoms with E-state index in [4.69, 9.17) is 0 Å². The molecule has 0 saturated heterocycles. The summed E-state index contributed by atoms with van der Waals surface area (Å²) in [4.78, 5) is 6.94. The van der Waals surface area contributed by atoms with Crippen LogP contribution in [0, 0.1) is 0 Å². The van der Waals surface area contributed by atoms with E-state index in [1.165, 1.54) is 82.4 Å². The highest BCUT2D eigenvalue weighted by atomic mass is 15.2. The van der Waals surface area contributed by atoms with Gasteiger partial charge in [-0.2, -0.15) is 0 Å². The molecule has 0 aliphatic carbocycles. The quantitative estimate of drug-likeness (QED) is 0.174. The molecule has 0 radical (unpaired) electrons. The Kier molecular flexibility index (Phi) is 7.27. The summed E-state index contributed by atoms with van der Waals surface area (Å²) in [5.41, 5.74) is 17.6. The summed E-state index contributed by atoms with van der Waals surface area (Å²) < 4.78 is 4.76. The van der Waals surface area contributed by atoms with Gasteiger partial charge >= 0.3 is 0 Å². The van der Waals surface area contributed by atoms with Crippen LogP contribution in [0.25, 0.3) is 99.1 Å². The number of hydrogen-bond acceptors (Lipinski definition) is 2. The van der Waals surface area contributed by atoms with Gasteiger partial charge in [-0.05, 0) is 118 Å². The molecular weight excluding hydrogens is 741 g/mol. The van der Waals surface area contributed by atoms with Gasteiger partial charge in [0.25, 0.3) is 0 Å². The van der Waals surface area contributed by atoms with E-state index in [9.17, 15) is 0 Å². The Morgan fingerprint density at radius 1 is 0.328 bits per heavy atom. The minimum Gasteiger partial charge on any atom is -0.309 e. The molecule has 61 heavy (non-hydrogen) atoms. The number of rotatable bonds is 5. The Morgan fingerprint density at radius 2 is 0.934 bits per heavy atom. The second-order valence-electron chi connectivity index (χ2n) is 16.0. The lowest BCUT2D eigenvalue weighted by Gasteiger charge is -2.34. The van der Waals surface area contributed by atoms with Gasteiger partial charge in [0.2, 0.25) is 0 Å². The monoisotopic (exact) mass is 776 g/mol. The number of anilines is 3. The fourth-order valence-electron chi connectivity index (χ4n) is 10.0. The Bertz CT molecular complexity index is 3690. The first-order valence-corrected chi connectivity index (χ1v) is 20.9. The van der Waals surface area contributed by atoms with Gasteiger partial charge in [0, 0.05) is 50.1 Å². The molecule has 284 valence electrons. The third-order valence-electron chi connectivity index (χ3n) is 12.7. The van der Waals surface area contributed by atoms with Crippen LogP contribution in [0.1, 0.15) is 0 Å². The standard InChI is InChI=1S/C57H36N4/c1-3-13-37(14-4-1)40-26-28-53-48(32-40)50-34-49-46-23-10-15-38-16-11-25-54(57(38)46)60(55(49)35-56(50)59(53)42-18-5-2-6-19-42)43-20-9-17-39(31-43)41-27-29-52-47(33-41)45-22-7-8-24-51(45)61(52)44-21-12-30-58-36-44/h1-36H. The Balaban J connectivity index is 1.04. The number of benzene rings is 9. The molecule has 0 saturated carbocycles. The van der Waals surface area contributed by atoms with Gasteiger partial charge in [-0.1, -0.05) is 121 Å². The van der Waals surface area contributed by atoms with Gasteiger partial charge in [0.1, 0.15) is 0 Å². The molecule has 0 spiro atoms. The molecule has 9 aromatic carbocycles. The van der Waals surface area contributed by atoms with E-state index in [-0.39, 0.29) is 0 Å². The molecule has 13 rings (SSSR count). The van der Waals surface area contributed by atoms with Gasteiger partial charge in [-0.25, -0.2) is 0 Å². The van der Waals surface area contributed by atoms with E-state index >= 15 is 0 Å². The van der Waals surface area contributed by atoms with Crippen molar-refractivity contribution < 1.29 is 0 Å². The van der Waals surface area contributed by atoms with Crippen LogP contribution in [0.15, 0.2) is 219 Å². The van der Waals surface area contributed by atoms with Crippen LogP contribution in [-0.4, -0.2) is 14.1 Å². The minimum absolute atomic E-state index is 1.05. The molecule has 0 unspecified atom stereocenters. The molecule has 0 amide bonds. The third-order valence-corrected chi connectivity index (χ3v) is 12.7. The summed E-state index contributed by atoms with van der Waals surface area (Å²) in [5, 5.41) is 7.42. The van der Waals surface area contributed by atoms with E-state index in [1.807, 2.05) is 18.5 Å². The smallest absolute Gasteiger partial charge is 0.0645 e. The molecule has 0 N–H and O–H groups in total. The second kappa shape index (κ2) is 13.2. The fraction of sp³-hybridized carbons (Fsp3) is 0. The molecule has 4 heteroatoms. The average molecular weight is 777 g/mol. The maximum atomic E-state index is 4.45. The van der Waals surface area contributed by atoms with Crippen molar-refractivity contribution in [2.45, 2.75) is 0 Å². The van der Waals surface area contributed by atoms with E-state index in [2.05, 4.69) is 219 Å². The van der Waals surface area contributed by atoms with Gasteiger partial charge in [0.05, 0.1) is 45.3 Å². The lowest BCUT2D eigenvalue weighted by Crippen LogP contribution is -2.15. The Morgan fingerprint density at radius 3 is 1.74 bits per heavy atom. The zero-order chi connectivity index (χ0) is 40.0. The number of pyridine rings is 1. The highest BCUT2D eigenvalue weighted by Gasteiger charge is 2.28. The van der Waals surface area contributed by atoms with Crippen molar-refractivity contribution in [3.05, 3.63) is 219 Å². The van der Waals surface area contributed by atoms with Crippen molar-refractivity contribution >= 4 is 71.4 Å². The number of fused-ring (bicyclic) bond motifs is 8. The molecule has 1 aliphatic rings. The van der Waals surface area contributed by atoms with Crippen LogP contribution in [0.4, 0.5) is 17.1 Å². The molecule has 0 atom stereocenters. The predicted octanol–water partition coefficient (Wildman–Crippen LogP) is 15.2. The Hall–Kier alpha value is -8.21. The number of para-hydroxylation sites is 2. The molecule has 4 heterocycles. The van der Waals surface area contributed by atoms with Gasteiger partial charge < -0.3 is 14.0 Å². The number of aromatic nitrogens is 3. The van der Waals surface area contributed by atoms with Gasteiger partial charge in [0.15, 0.2) is 0 Å². The van der Waals surface area contributed by atoms with Crippen molar-refractivity contribution in [2.75, 3.05) is 4.90 Å². The largest absolute Gasteiger partial charge is 0.309 e. The summed E-state index contributed by atoms with van der Waals surface area (Å²) in [7, 11) is 0. The second-order valence-corrected chi connectivity index (χ2v) is 16.0. The summed E-state index contributed by atoms with van der Waals surface area (Å²) in [6.45, 7) is 0. The van der Waals surface area contributed by atoms with Crippen LogP contribution in [0.5, 0.6) is 0 Å². The van der Waals surface area contributed by atoms with E-state index in [1.54, 1.807) is 0 Å².